The van der Waals surface area contributed by atoms with E-state index in [2.05, 4.69) is 62.4 Å². The first-order valence-electron chi connectivity index (χ1n) is 16.3. The van der Waals surface area contributed by atoms with E-state index in [1.54, 1.807) is 0 Å². The zero-order chi connectivity index (χ0) is 27.5. The zero-order valence-corrected chi connectivity index (χ0v) is 24.7. The summed E-state index contributed by atoms with van der Waals surface area (Å²) in [6, 6.07) is 18.1. The quantitative estimate of drug-likeness (QED) is 0.260. The lowest BCUT2D eigenvalue weighted by molar-refractivity contribution is 0.302. The molecule has 0 saturated heterocycles. The first-order valence-corrected chi connectivity index (χ1v) is 16.3. The molecular formula is C37H50N2. The predicted octanol–water partition coefficient (Wildman–Crippen LogP) is 11.2. The minimum atomic E-state index is 0.409. The van der Waals surface area contributed by atoms with Gasteiger partial charge in [-0.15, -0.1) is 0 Å². The van der Waals surface area contributed by atoms with E-state index >= 15 is 0 Å². The van der Waals surface area contributed by atoms with Gasteiger partial charge in [-0.05, 0) is 91.7 Å². The molecular weight excluding hydrogens is 472 g/mol. The van der Waals surface area contributed by atoms with Gasteiger partial charge >= 0.3 is 0 Å². The Labute approximate surface area is 238 Å². The van der Waals surface area contributed by atoms with Crippen LogP contribution in [0.3, 0.4) is 0 Å². The van der Waals surface area contributed by atoms with Crippen LogP contribution in [0, 0.1) is 34.5 Å². The molecule has 4 rings (SSSR count). The van der Waals surface area contributed by atoms with E-state index in [9.17, 15) is 10.5 Å². The number of rotatable bonds is 12. The van der Waals surface area contributed by atoms with E-state index in [0.717, 1.165) is 41.4 Å². The third-order valence-electron chi connectivity index (χ3n) is 9.97. The Bertz CT molecular complexity index is 1100. The molecule has 0 amide bonds. The van der Waals surface area contributed by atoms with Crippen LogP contribution in [0.4, 0.5) is 0 Å². The molecule has 2 aromatic carbocycles. The van der Waals surface area contributed by atoms with Crippen LogP contribution in [0.5, 0.6) is 0 Å². The van der Waals surface area contributed by atoms with Crippen molar-refractivity contribution < 1.29 is 0 Å². The summed E-state index contributed by atoms with van der Waals surface area (Å²) in [7, 11) is 0. The molecule has 2 nitrogen and oxygen atoms in total. The van der Waals surface area contributed by atoms with Gasteiger partial charge in [0.05, 0.1) is 11.1 Å². The third kappa shape index (κ3) is 7.76. The maximum absolute atomic E-state index is 10.2. The standard InChI is InChI=1S/C37H50N2/c1-3-5-7-9-11-29-14-18-32(19-15-29)34-24-25-35(37(27-39)36(34)26-38)33-22-20-31(21-23-33)30-16-12-28(13-17-30)10-8-6-4-2/h20-25,28-30,32H,3-19H2,1-2H3/t28-,29-,30-,32-. The normalized spacial score (nSPS) is 23.2. The van der Waals surface area contributed by atoms with Crippen molar-refractivity contribution in [3.05, 3.63) is 58.7 Å². The SMILES string of the molecule is CCCCCC[C@H]1CC[C@H](c2ccc(-c3ccc([C@H]4CC[C@H](CCCCC)CC4)cc3)c(C#N)c2C#N)CC1. The fourth-order valence-electron chi connectivity index (χ4n) is 7.46. The topological polar surface area (TPSA) is 47.6 Å². The number of hydrogen-bond donors (Lipinski definition) is 0. The van der Waals surface area contributed by atoms with Crippen LogP contribution in [0.25, 0.3) is 11.1 Å². The molecule has 0 aliphatic heterocycles. The summed E-state index contributed by atoms with van der Waals surface area (Å²) in [4.78, 5) is 0. The maximum atomic E-state index is 10.2. The van der Waals surface area contributed by atoms with Gasteiger partial charge in [0.25, 0.3) is 0 Å². The average Bonchev–Trinajstić information content (AvgIpc) is 2.99. The van der Waals surface area contributed by atoms with Crippen LogP contribution in [-0.4, -0.2) is 0 Å². The molecule has 2 saturated carbocycles. The molecule has 2 heteroatoms. The summed E-state index contributed by atoms with van der Waals surface area (Å²) in [6.45, 7) is 4.56. The zero-order valence-electron chi connectivity index (χ0n) is 24.7. The van der Waals surface area contributed by atoms with Crippen molar-refractivity contribution in [2.75, 3.05) is 0 Å². The minimum Gasteiger partial charge on any atom is -0.192 e. The van der Waals surface area contributed by atoms with Crippen molar-refractivity contribution in [2.45, 2.75) is 135 Å². The minimum absolute atomic E-state index is 0.409. The smallest absolute Gasteiger partial charge is 0.101 e. The third-order valence-corrected chi connectivity index (χ3v) is 9.97. The molecule has 0 N–H and O–H groups in total. The van der Waals surface area contributed by atoms with Crippen molar-refractivity contribution in [3.63, 3.8) is 0 Å². The highest BCUT2D eigenvalue weighted by Gasteiger charge is 2.26. The Hall–Kier alpha value is -2.58. The molecule has 2 aromatic rings. The highest BCUT2D eigenvalue weighted by atomic mass is 14.3. The number of unbranched alkanes of at least 4 members (excludes halogenated alkanes) is 5. The molecule has 0 radical (unpaired) electrons. The Morgan fingerprint density at radius 1 is 0.590 bits per heavy atom. The fourth-order valence-corrected chi connectivity index (χ4v) is 7.46. The monoisotopic (exact) mass is 522 g/mol. The number of nitrogens with zero attached hydrogens (tertiary/aromatic N) is 2. The number of nitriles is 2. The van der Waals surface area contributed by atoms with Gasteiger partial charge < -0.3 is 0 Å². The molecule has 208 valence electrons. The largest absolute Gasteiger partial charge is 0.192 e. The second-order valence-electron chi connectivity index (χ2n) is 12.6. The average molecular weight is 523 g/mol. The van der Waals surface area contributed by atoms with Crippen LogP contribution in [0.2, 0.25) is 0 Å². The van der Waals surface area contributed by atoms with Gasteiger partial charge in [-0.2, -0.15) is 10.5 Å². The molecule has 0 heterocycles. The summed E-state index contributed by atoms with van der Waals surface area (Å²) in [6.07, 6.45) is 22.4. The van der Waals surface area contributed by atoms with Crippen LogP contribution in [0.15, 0.2) is 36.4 Å². The van der Waals surface area contributed by atoms with Gasteiger partial charge in [0.15, 0.2) is 0 Å². The number of hydrogen-bond acceptors (Lipinski definition) is 2. The summed E-state index contributed by atoms with van der Waals surface area (Å²) in [5, 5.41) is 20.3. The van der Waals surface area contributed by atoms with Gasteiger partial charge in [0, 0.05) is 5.56 Å². The van der Waals surface area contributed by atoms with Crippen LogP contribution in [0.1, 0.15) is 157 Å². The van der Waals surface area contributed by atoms with Crippen molar-refractivity contribution in [1.29, 1.82) is 10.5 Å². The van der Waals surface area contributed by atoms with Gasteiger partial charge in [-0.25, -0.2) is 0 Å². The molecule has 0 atom stereocenters. The van der Waals surface area contributed by atoms with Gasteiger partial charge in [0.1, 0.15) is 12.1 Å². The lowest BCUT2D eigenvalue weighted by Gasteiger charge is -2.30. The lowest BCUT2D eigenvalue weighted by Crippen LogP contribution is -2.15. The Kier molecular flexibility index (Phi) is 11.5. The molecule has 0 unspecified atom stereocenters. The fraction of sp³-hybridized carbons (Fsp3) is 0.622. The van der Waals surface area contributed by atoms with Crippen LogP contribution >= 0.6 is 0 Å². The molecule has 39 heavy (non-hydrogen) atoms. The van der Waals surface area contributed by atoms with E-state index in [0.29, 0.717) is 23.0 Å². The van der Waals surface area contributed by atoms with Crippen molar-refractivity contribution in [1.82, 2.24) is 0 Å². The summed E-state index contributed by atoms with van der Waals surface area (Å²) in [5.74, 6) is 2.84. The van der Waals surface area contributed by atoms with Gasteiger partial charge in [-0.3, -0.25) is 0 Å². The first-order chi connectivity index (χ1) is 19.2. The highest BCUT2D eigenvalue weighted by molar-refractivity contribution is 5.75. The van der Waals surface area contributed by atoms with E-state index in [1.807, 2.05) is 0 Å². The molecule has 0 bridgehead atoms. The Balaban J connectivity index is 1.40. The van der Waals surface area contributed by atoms with Gasteiger partial charge in [-0.1, -0.05) is 108 Å². The van der Waals surface area contributed by atoms with Crippen molar-refractivity contribution in [2.24, 2.45) is 11.8 Å². The summed E-state index contributed by atoms with van der Waals surface area (Å²) < 4.78 is 0. The molecule has 2 aliphatic carbocycles. The first kappa shape index (κ1) is 29.4. The Morgan fingerprint density at radius 2 is 1.13 bits per heavy atom. The van der Waals surface area contributed by atoms with Crippen molar-refractivity contribution >= 4 is 0 Å². The number of benzene rings is 2. The Morgan fingerprint density at radius 3 is 1.69 bits per heavy atom. The lowest BCUT2D eigenvalue weighted by atomic mass is 9.75. The second-order valence-corrected chi connectivity index (χ2v) is 12.6. The van der Waals surface area contributed by atoms with E-state index in [1.165, 1.54) is 102 Å². The van der Waals surface area contributed by atoms with Crippen LogP contribution < -0.4 is 0 Å². The van der Waals surface area contributed by atoms with Crippen molar-refractivity contribution in [3.8, 4) is 23.3 Å². The molecule has 2 fully saturated rings. The highest BCUT2D eigenvalue weighted by Crippen LogP contribution is 2.42. The van der Waals surface area contributed by atoms with Gasteiger partial charge in [0.2, 0.25) is 0 Å². The molecule has 2 aliphatic rings. The molecule has 0 spiro atoms. The van der Waals surface area contributed by atoms with Crippen LogP contribution in [-0.2, 0) is 0 Å². The second kappa shape index (κ2) is 15.3. The maximum Gasteiger partial charge on any atom is 0.101 e. The van der Waals surface area contributed by atoms with E-state index in [4.69, 9.17) is 0 Å². The molecule has 0 aromatic heterocycles. The van der Waals surface area contributed by atoms with E-state index in [-0.39, 0.29) is 0 Å². The summed E-state index contributed by atoms with van der Waals surface area (Å²) >= 11 is 0. The predicted molar refractivity (Wildman–Crippen MR) is 164 cm³/mol. The summed E-state index contributed by atoms with van der Waals surface area (Å²) in [5.41, 5.74) is 5.70. The van der Waals surface area contributed by atoms with E-state index < -0.39 is 0 Å².